The molecule has 0 spiro atoms. The number of allylic oxidation sites excluding steroid dienone is 4. The highest BCUT2D eigenvalue weighted by atomic mass is 35.5. The van der Waals surface area contributed by atoms with Crippen LogP contribution in [0.1, 0.15) is 60.6 Å². The molecule has 7 nitrogen and oxygen atoms in total. The first-order valence-electron chi connectivity index (χ1n) is 15.5. The molecule has 0 radical (unpaired) electrons. The second-order valence-electron chi connectivity index (χ2n) is 11.7. The van der Waals surface area contributed by atoms with Crippen molar-refractivity contribution in [1.82, 2.24) is 0 Å². The number of ether oxygens (including phenoxy) is 1. The maximum atomic E-state index is 12.5. The van der Waals surface area contributed by atoms with E-state index in [9.17, 15) is 29.7 Å². The Balaban J connectivity index is 1.48. The lowest BCUT2D eigenvalue weighted by molar-refractivity contribution is 0.0685. The summed E-state index contributed by atoms with van der Waals surface area (Å²) >= 11 is 6.12. The Bertz CT molecular complexity index is 2210. The minimum Gasteiger partial charge on any atom is -0.495 e. The number of methoxy groups -OCH3 is 1. The van der Waals surface area contributed by atoms with Crippen LogP contribution in [0.2, 0.25) is 5.02 Å². The van der Waals surface area contributed by atoms with E-state index < -0.39 is 17.9 Å². The minimum absolute atomic E-state index is 0.0169. The molecule has 1 aliphatic rings. The molecule has 5 aromatic rings. The largest absolute Gasteiger partial charge is 0.495 e. The fraction of sp³-hybridized carbons (Fsp3) is 0.0976. The molecular formula is C41H31ClO7. The van der Waals surface area contributed by atoms with Gasteiger partial charge in [-0.2, -0.15) is 0 Å². The summed E-state index contributed by atoms with van der Waals surface area (Å²) in [5.41, 5.74) is 8.19. The molecule has 5 aromatic carbocycles. The van der Waals surface area contributed by atoms with E-state index in [4.69, 9.17) is 16.3 Å². The fourth-order valence-corrected chi connectivity index (χ4v) is 6.49. The van der Waals surface area contributed by atoms with Crippen LogP contribution in [0.4, 0.5) is 0 Å². The molecular weight excluding hydrogens is 640 g/mol. The van der Waals surface area contributed by atoms with Gasteiger partial charge in [-0.25, -0.2) is 14.4 Å². The van der Waals surface area contributed by atoms with Gasteiger partial charge in [-0.1, -0.05) is 78.4 Å². The third-order valence-corrected chi connectivity index (χ3v) is 9.09. The van der Waals surface area contributed by atoms with Crippen molar-refractivity contribution in [3.63, 3.8) is 0 Å². The van der Waals surface area contributed by atoms with Crippen molar-refractivity contribution in [1.29, 1.82) is 0 Å². The number of hydrogen-bond donors (Lipinski definition) is 3. The Morgan fingerprint density at radius 2 is 1.29 bits per heavy atom. The molecule has 0 saturated heterocycles. The van der Waals surface area contributed by atoms with Crippen LogP contribution >= 0.6 is 11.6 Å². The molecule has 8 heteroatoms. The van der Waals surface area contributed by atoms with Gasteiger partial charge in [-0.3, -0.25) is 0 Å². The third kappa shape index (κ3) is 6.62. The minimum atomic E-state index is -1.11. The molecule has 0 aliphatic heterocycles. The SMILES string of the molecule is COc1c(-c2ccccc2)cc(C(=O)O)cc1-c1cccc(-c2cc(C3=CCCC(c4ccc(Cl)c(C(=O)O)c4)=C3)cc(C(=O)O)c2C)c1. The molecule has 244 valence electrons. The predicted octanol–water partition coefficient (Wildman–Crippen LogP) is 10.0. The number of carbonyl (C=O) groups is 3. The van der Waals surface area contributed by atoms with E-state index in [1.807, 2.05) is 72.8 Å². The van der Waals surface area contributed by atoms with E-state index in [-0.39, 0.29) is 21.7 Å². The first kappa shape index (κ1) is 33.0. The van der Waals surface area contributed by atoms with Crippen molar-refractivity contribution < 1.29 is 34.4 Å². The number of hydrogen-bond acceptors (Lipinski definition) is 4. The third-order valence-electron chi connectivity index (χ3n) is 8.76. The summed E-state index contributed by atoms with van der Waals surface area (Å²) in [5.74, 6) is -2.73. The quantitative estimate of drug-likeness (QED) is 0.143. The van der Waals surface area contributed by atoms with Crippen molar-refractivity contribution in [3.05, 3.63) is 148 Å². The lowest BCUT2D eigenvalue weighted by Gasteiger charge is -2.19. The first-order valence-corrected chi connectivity index (χ1v) is 15.9. The standard InChI is InChI=1S/C41H31ClO7/c1-23-32(19-30(20-33(23)40(45)46)26-11-6-10-25(16-26)27-14-15-37(42)36(18-27)41(47)48)28-12-7-13-29(17-28)35-22-31(39(43)44)21-34(38(35)49-2)24-8-4-3-5-9-24/h3-5,7-9,11-22H,6,10H2,1-2H3,(H,43,44)(H,45,46)(H,47,48). The van der Waals surface area contributed by atoms with Crippen LogP contribution in [0.5, 0.6) is 5.75 Å². The average Bonchev–Trinajstić information content (AvgIpc) is 3.11. The number of aromatic carboxylic acids is 3. The smallest absolute Gasteiger partial charge is 0.337 e. The average molecular weight is 671 g/mol. The number of carboxylic acid groups (broad SMARTS) is 3. The molecule has 3 N–H and O–H groups in total. The number of carboxylic acids is 3. The van der Waals surface area contributed by atoms with Crippen molar-refractivity contribution >= 4 is 40.7 Å². The molecule has 6 rings (SSSR count). The Hall–Kier alpha value is -5.92. The van der Waals surface area contributed by atoms with Gasteiger partial charge in [0.1, 0.15) is 5.75 Å². The molecule has 0 saturated carbocycles. The van der Waals surface area contributed by atoms with Gasteiger partial charge in [-0.05, 0) is 112 Å². The predicted molar refractivity (Wildman–Crippen MR) is 192 cm³/mol. The van der Waals surface area contributed by atoms with Gasteiger partial charge in [0.2, 0.25) is 0 Å². The Morgan fingerprint density at radius 1 is 0.653 bits per heavy atom. The molecule has 1 aliphatic carbocycles. The van der Waals surface area contributed by atoms with Gasteiger partial charge in [0.05, 0.1) is 28.8 Å². The van der Waals surface area contributed by atoms with E-state index in [1.165, 1.54) is 0 Å². The van der Waals surface area contributed by atoms with Crippen molar-refractivity contribution in [3.8, 4) is 39.1 Å². The highest BCUT2D eigenvalue weighted by Gasteiger charge is 2.21. The van der Waals surface area contributed by atoms with Crippen LogP contribution in [0.3, 0.4) is 0 Å². The number of halogens is 1. The topological polar surface area (TPSA) is 121 Å². The summed E-state index contributed by atoms with van der Waals surface area (Å²) in [6, 6.07) is 28.7. The fourth-order valence-electron chi connectivity index (χ4n) is 6.30. The maximum absolute atomic E-state index is 12.5. The van der Waals surface area contributed by atoms with Gasteiger partial charge in [-0.15, -0.1) is 0 Å². The van der Waals surface area contributed by atoms with Crippen LogP contribution in [-0.4, -0.2) is 40.3 Å². The highest BCUT2D eigenvalue weighted by Crippen LogP contribution is 2.42. The van der Waals surface area contributed by atoms with Crippen LogP contribution in [0.15, 0.2) is 109 Å². The molecule has 0 unspecified atom stereocenters. The molecule has 0 atom stereocenters. The van der Waals surface area contributed by atoms with Crippen LogP contribution in [0, 0.1) is 6.92 Å². The molecule has 0 bridgehead atoms. The van der Waals surface area contributed by atoms with Crippen molar-refractivity contribution in [2.75, 3.05) is 7.11 Å². The lowest BCUT2D eigenvalue weighted by Crippen LogP contribution is -2.04. The molecule has 0 heterocycles. The van der Waals surface area contributed by atoms with E-state index in [1.54, 1.807) is 50.4 Å². The van der Waals surface area contributed by atoms with Gasteiger partial charge >= 0.3 is 17.9 Å². The van der Waals surface area contributed by atoms with Gasteiger partial charge in [0, 0.05) is 11.1 Å². The molecule has 0 amide bonds. The van der Waals surface area contributed by atoms with E-state index in [0.717, 1.165) is 27.8 Å². The lowest BCUT2D eigenvalue weighted by atomic mass is 9.86. The van der Waals surface area contributed by atoms with Gasteiger partial charge in [0.15, 0.2) is 0 Å². The summed E-state index contributed by atoms with van der Waals surface area (Å²) in [6.07, 6.45) is 5.36. The van der Waals surface area contributed by atoms with Gasteiger partial charge < -0.3 is 20.1 Å². The van der Waals surface area contributed by atoms with Crippen molar-refractivity contribution in [2.24, 2.45) is 0 Å². The Morgan fingerprint density at radius 3 is 1.94 bits per heavy atom. The monoisotopic (exact) mass is 670 g/mol. The summed E-state index contributed by atoms with van der Waals surface area (Å²) in [4.78, 5) is 36.5. The molecule has 49 heavy (non-hydrogen) atoms. The molecule has 0 aromatic heterocycles. The Labute approximate surface area is 288 Å². The normalized spacial score (nSPS) is 12.6. The summed E-state index contributed by atoms with van der Waals surface area (Å²) in [7, 11) is 1.55. The van der Waals surface area contributed by atoms with E-state index in [0.29, 0.717) is 52.0 Å². The summed E-state index contributed by atoms with van der Waals surface area (Å²) in [5, 5.41) is 30.0. The number of benzene rings is 5. The first-order chi connectivity index (χ1) is 23.5. The second kappa shape index (κ2) is 13.7. The van der Waals surface area contributed by atoms with Crippen molar-refractivity contribution in [2.45, 2.75) is 19.8 Å². The summed E-state index contributed by atoms with van der Waals surface area (Å²) in [6.45, 7) is 1.77. The van der Waals surface area contributed by atoms with Crippen LogP contribution < -0.4 is 4.74 Å². The highest BCUT2D eigenvalue weighted by molar-refractivity contribution is 6.33. The zero-order chi connectivity index (χ0) is 34.8. The maximum Gasteiger partial charge on any atom is 0.337 e. The van der Waals surface area contributed by atoms with Gasteiger partial charge in [0.25, 0.3) is 0 Å². The number of rotatable bonds is 9. The van der Waals surface area contributed by atoms with Crippen LogP contribution in [0.25, 0.3) is 44.5 Å². The molecule has 0 fully saturated rings. The zero-order valence-electron chi connectivity index (χ0n) is 26.7. The zero-order valence-corrected chi connectivity index (χ0v) is 27.4. The van der Waals surface area contributed by atoms with E-state index >= 15 is 0 Å². The summed E-state index contributed by atoms with van der Waals surface area (Å²) < 4.78 is 5.89. The van der Waals surface area contributed by atoms with E-state index in [2.05, 4.69) is 0 Å². The second-order valence-corrected chi connectivity index (χ2v) is 12.1. The van der Waals surface area contributed by atoms with Crippen LogP contribution in [-0.2, 0) is 0 Å². The Kier molecular flexibility index (Phi) is 9.20.